The van der Waals surface area contributed by atoms with Gasteiger partial charge < -0.3 is 10.2 Å². The van der Waals surface area contributed by atoms with Gasteiger partial charge in [-0.05, 0) is 25.1 Å². The van der Waals surface area contributed by atoms with Crippen LogP contribution < -0.4 is 5.73 Å². The zero-order valence-electron chi connectivity index (χ0n) is 11.9. The monoisotopic (exact) mass is 283 g/mol. The van der Waals surface area contributed by atoms with Crippen LogP contribution in [0.15, 0.2) is 40.8 Å². The number of hydrogen-bond donors (Lipinski definition) is 1. The van der Waals surface area contributed by atoms with Crippen molar-refractivity contribution in [3.8, 4) is 0 Å². The molecule has 0 spiro atoms. The normalized spacial score (nSPS) is 11.1. The van der Waals surface area contributed by atoms with Crippen molar-refractivity contribution in [1.82, 2.24) is 9.78 Å². The van der Waals surface area contributed by atoms with Crippen molar-refractivity contribution in [2.24, 2.45) is 5.73 Å². The zero-order valence-corrected chi connectivity index (χ0v) is 11.9. The molecule has 0 aliphatic heterocycles. The number of nitrogens with two attached hydrogens (primary N) is 1. The molecule has 21 heavy (non-hydrogen) atoms. The van der Waals surface area contributed by atoms with Crippen LogP contribution >= 0.6 is 0 Å². The summed E-state index contributed by atoms with van der Waals surface area (Å²) < 4.78 is 7.31. The van der Waals surface area contributed by atoms with Crippen molar-refractivity contribution in [3.63, 3.8) is 0 Å². The summed E-state index contributed by atoms with van der Waals surface area (Å²) in [4.78, 5) is 12.3. The Balaban J connectivity index is 1.92. The molecule has 2 heterocycles. The molecule has 108 valence electrons. The average Bonchev–Trinajstić information content (AvgIpc) is 3.12. The molecule has 0 atom stereocenters. The molecule has 5 heteroatoms. The van der Waals surface area contributed by atoms with Crippen LogP contribution in [-0.4, -0.2) is 15.6 Å². The molecular weight excluding hydrogens is 266 g/mol. The van der Waals surface area contributed by atoms with Gasteiger partial charge in [-0.2, -0.15) is 5.10 Å². The molecule has 0 aliphatic rings. The third kappa shape index (κ3) is 2.48. The topological polar surface area (TPSA) is 74.0 Å². The molecule has 0 saturated heterocycles. The van der Waals surface area contributed by atoms with Crippen LogP contribution in [0, 0.1) is 0 Å². The Morgan fingerprint density at radius 1 is 1.29 bits per heavy atom. The number of carbonyl (C=O) groups excluding carboxylic acids is 1. The molecular formula is C16H17N3O2. The van der Waals surface area contributed by atoms with E-state index in [9.17, 15) is 4.79 Å². The number of ketones is 1. The van der Waals surface area contributed by atoms with Crippen molar-refractivity contribution in [2.75, 3.05) is 0 Å². The lowest BCUT2D eigenvalue weighted by Gasteiger charge is -1.96. The molecule has 0 radical (unpaired) electrons. The van der Waals surface area contributed by atoms with Crippen LogP contribution in [0.4, 0.5) is 0 Å². The minimum Gasteiger partial charge on any atom is -0.457 e. The minimum absolute atomic E-state index is 0.0822. The number of carbonyl (C=O) groups is 1. The maximum atomic E-state index is 12.3. The number of para-hydroxylation sites is 1. The van der Waals surface area contributed by atoms with Gasteiger partial charge in [0.25, 0.3) is 0 Å². The fourth-order valence-corrected chi connectivity index (χ4v) is 2.44. The number of fused-ring (bicyclic) bond motifs is 1. The highest BCUT2D eigenvalue weighted by Crippen LogP contribution is 2.20. The van der Waals surface area contributed by atoms with Crippen LogP contribution in [-0.2, 0) is 19.5 Å². The molecule has 5 nitrogen and oxygen atoms in total. The van der Waals surface area contributed by atoms with E-state index in [1.54, 1.807) is 12.1 Å². The Hall–Kier alpha value is -2.40. The number of aromatic nitrogens is 2. The molecule has 0 saturated carbocycles. The second-order valence-electron chi connectivity index (χ2n) is 4.85. The van der Waals surface area contributed by atoms with E-state index in [2.05, 4.69) is 5.10 Å². The number of rotatable bonds is 5. The smallest absolute Gasteiger partial charge is 0.204 e. The van der Waals surface area contributed by atoms with Crippen molar-refractivity contribution in [2.45, 2.75) is 26.4 Å². The number of hydrogen-bond acceptors (Lipinski definition) is 4. The predicted molar refractivity (Wildman–Crippen MR) is 80.0 cm³/mol. The van der Waals surface area contributed by atoms with Gasteiger partial charge in [0.1, 0.15) is 5.76 Å². The summed E-state index contributed by atoms with van der Waals surface area (Å²) >= 11 is 0. The van der Waals surface area contributed by atoms with Gasteiger partial charge in [-0.15, -0.1) is 0 Å². The number of aryl methyl sites for hydroxylation is 1. The SMILES string of the molecule is CCn1nc(CC(=O)c2ccc(CN)o2)c2ccccc21. The van der Waals surface area contributed by atoms with E-state index in [1.165, 1.54) is 0 Å². The van der Waals surface area contributed by atoms with Gasteiger partial charge >= 0.3 is 0 Å². The second kappa shape index (κ2) is 5.54. The van der Waals surface area contributed by atoms with Gasteiger partial charge in [-0.1, -0.05) is 18.2 Å². The molecule has 0 bridgehead atoms. The molecule has 3 aromatic rings. The van der Waals surface area contributed by atoms with Gasteiger partial charge in [-0.25, -0.2) is 0 Å². The fraction of sp³-hybridized carbons (Fsp3) is 0.250. The summed E-state index contributed by atoms with van der Waals surface area (Å²) in [5.74, 6) is 0.870. The molecule has 2 aromatic heterocycles. The summed E-state index contributed by atoms with van der Waals surface area (Å²) in [5.41, 5.74) is 7.32. The molecule has 0 fully saturated rings. The minimum atomic E-state index is -0.0822. The van der Waals surface area contributed by atoms with Crippen LogP contribution in [0.1, 0.15) is 28.9 Å². The lowest BCUT2D eigenvalue weighted by molar-refractivity contribution is 0.0964. The van der Waals surface area contributed by atoms with Crippen molar-refractivity contribution < 1.29 is 9.21 Å². The molecule has 1 aromatic carbocycles. The highest BCUT2D eigenvalue weighted by molar-refractivity contribution is 5.97. The summed E-state index contributed by atoms with van der Waals surface area (Å²) in [6.07, 6.45) is 0.227. The highest BCUT2D eigenvalue weighted by atomic mass is 16.3. The van der Waals surface area contributed by atoms with Crippen LogP contribution in [0.25, 0.3) is 10.9 Å². The van der Waals surface area contributed by atoms with Gasteiger partial charge in [0.15, 0.2) is 5.76 Å². The van der Waals surface area contributed by atoms with Gasteiger partial charge in [0.05, 0.1) is 24.2 Å². The maximum Gasteiger partial charge on any atom is 0.204 e. The Morgan fingerprint density at radius 2 is 2.10 bits per heavy atom. The van der Waals surface area contributed by atoms with E-state index in [0.717, 1.165) is 23.1 Å². The average molecular weight is 283 g/mol. The number of furan rings is 1. The van der Waals surface area contributed by atoms with Gasteiger partial charge in [-0.3, -0.25) is 9.48 Å². The van der Waals surface area contributed by atoms with Crippen molar-refractivity contribution in [3.05, 3.63) is 53.6 Å². The Bertz CT molecular complexity index is 786. The number of Topliss-reactive ketones (excluding diaryl/α,β-unsaturated/α-hetero) is 1. The first-order valence-corrected chi connectivity index (χ1v) is 6.99. The van der Waals surface area contributed by atoms with Crippen LogP contribution in [0.5, 0.6) is 0 Å². The number of nitrogens with zero attached hydrogens (tertiary/aromatic N) is 2. The molecule has 0 unspecified atom stereocenters. The third-order valence-corrected chi connectivity index (χ3v) is 3.50. The fourth-order valence-electron chi connectivity index (χ4n) is 2.44. The van der Waals surface area contributed by atoms with Gasteiger partial charge in [0, 0.05) is 11.9 Å². The molecule has 3 rings (SSSR count). The Morgan fingerprint density at radius 3 is 2.81 bits per heavy atom. The van der Waals surface area contributed by atoms with E-state index < -0.39 is 0 Å². The molecule has 0 aliphatic carbocycles. The second-order valence-corrected chi connectivity index (χ2v) is 4.85. The predicted octanol–water partition coefficient (Wildman–Crippen LogP) is 2.53. The third-order valence-electron chi connectivity index (χ3n) is 3.50. The first-order chi connectivity index (χ1) is 10.2. The summed E-state index contributed by atoms with van der Waals surface area (Å²) in [7, 11) is 0. The van der Waals surface area contributed by atoms with E-state index in [0.29, 0.717) is 18.1 Å². The van der Waals surface area contributed by atoms with E-state index >= 15 is 0 Å². The Kier molecular flexibility index (Phi) is 3.58. The standard InChI is InChI=1S/C16H17N3O2/c1-2-19-14-6-4-3-5-12(14)13(18-19)9-15(20)16-8-7-11(10-17)21-16/h3-8H,2,9-10,17H2,1H3. The lowest BCUT2D eigenvalue weighted by Crippen LogP contribution is -2.04. The largest absolute Gasteiger partial charge is 0.457 e. The summed E-state index contributed by atoms with van der Waals surface area (Å²) in [5, 5.41) is 5.54. The maximum absolute atomic E-state index is 12.3. The van der Waals surface area contributed by atoms with Crippen molar-refractivity contribution in [1.29, 1.82) is 0 Å². The number of benzene rings is 1. The lowest BCUT2D eigenvalue weighted by atomic mass is 10.1. The van der Waals surface area contributed by atoms with E-state index in [1.807, 2.05) is 35.9 Å². The van der Waals surface area contributed by atoms with Crippen LogP contribution in [0.3, 0.4) is 0 Å². The highest BCUT2D eigenvalue weighted by Gasteiger charge is 2.16. The first-order valence-electron chi connectivity index (χ1n) is 6.99. The summed E-state index contributed by atoms with van der Waals surface area (Å²) in [6.45, 7) is 3.10. The van der Waals surface area contributed by atoms with E-state index in [4.69, 9.17) is 10.2 Å². The van der Waals surface area contributed by atoms with Gasteiger partial charge in [0.2, 0.25) is 5.78 Å². The Labute approximate surface area is 122 Å². The summed E-state index contributed by atoms with van der Waals surface area (Å²) in [6, 6.07) is 11.3. The first kappa shape index (κ1) is 13.6. The van der Waals surface area contributed by atoms with Crippen molar-refractivity contribution >= 4 is 16.7 Å². The van der Waals surface area contributed by atoms with Crippen LogP contribution in [0.2, 0.25) is 0 Å². The molecule has 2 N–H and O–H groups in total. The molecule has 0 amide bonds. The quantitative estimate of drug-likeness (QED) is 0.730. The van der Waals surface area contributed by atoms with E-state index in [-0.39, 0.29) is 12.2 Å². The zero-order chi connectivity index (χ0) is 14.8.